The topological polar surface area (TPSA) is 55.4 Å². The van der Waals surface area contributed by atoms with Crippen molar-refractivity contribution in [2.45, 2.75) is 0 Å². The van der Waals surface area contributed by atoms with Crippen LogP contribution in [0.15, 0.2) is 18.2 Å². The first-order valence-corrected chi connectivity index (χ1v) is 4.85. The number of hydrogen-bond donors (Lipinski definition) is 1. The summed E-state index contributed by atoms with van der Waals surface area (Å²) in [6.45, 7) is 0. The van der Waals surface area contributed by atoms with E-state index >= 15 is 0 Å². The van der Waals surface area contributed by atoms with Gasteiger partial charge in [-0.2, -0.15) is 0 Å². The molecule has 0 aliphatic carbocycles. The van der Waals surface area contributed by atoms with Gasteiger partial charge in [-0.1, -0.05) is 0 Å². The SMILES string of the molecule is COC(=O)c1ccc(NC=O)c(I)c1. The zero-order valence-electron chi connectivity index (χ0n) is 7.41. The highest BCUT2D eigenvalue weighted by molar-refractivity contribution is 14.1. The maximum atomic E-state index is 11.1. The van der Waals surface area contributed by atoms with Crippen molar-refractivity contribution < 1.29 is 14.3 Å². The second kappa shape index (κ2) is 4.94. The lowest BCUT2D eigenvalue weighted by atomic mass is 10.2. The van der Waals surface area contributed by atoms with E-state index in [-0.39, 0.29) is 5.97 Å². The fourth-order valence-electron chi connectivity index (χ4n) is 0.940. The Bertz CT molecular complexity index is 365. The van der Waals surface area contributed by atoms with Gasteiger partial charge in [0.25, 0.3) is 0 Å². The van der Waals surface area contributed by atoms with Gasteiger partial charge in [0.05, 0.1) is 18.4 Å². The summed E-state index contributed by atoms with van der Waals surface area (Å²) in [5.74, 6) is -0.388. The van der Waals surface area contributed by atoms with E-state index in [1.807, 2.05) is 22.6 Å². The van der Waals surface area contributed by atoms with Gasteiger partial charge in [-0.15, -0.1) is 0 Å². The molecule has 0 aliphatic rings. The largest absolute Gasteiger partial charge is 0.465 e. The van der Waals surface area contributed by atoms with Crippen molar-refractivity contribution in [2.75, 3.05) is 12.4 Å². The van der Waals surface area contributed by atoms with E-state index in [4.69, 9.17) is 0 Å². The number of carbonyl (C=O) groups is 2. The Morgan fingerprint density at radius 3 is 2.79 bits per heavy atom. The molecule has 0 unspecified atom stereocenters. The van der Waals surface area contributed by atoms with Crippen molar-refractivity contribution in [3.63, 3.8) is 0 Å². The quantitative estimate of drug-likeness (QED) is 0.525. The molecule has 0 atom stereocenters. The van der Waals surface area contributed by atoms with Crippen molar-refractivity contribution >= 4 is 40.7 Å². The summed E-state index contributed by atoms with van der Waals surface area (Å²) in [4.78, 5) is 21.3. The molecule has 0 radical (unpaired) electrons. The van der Waals surface area contributed by atoms with Crippen LogP contribution in [0, 0.1) is 3.57 Å². The van der Waals surface area contributed by atoms with Crippen LogP contribution in [-0.4, -0.2) is 19.5 Å². The van der Waals surface area contributed by atoms with Gasteiger partial charge >= 0.3 is 5.97 Å². The van der Waals surface area contributed by atoms with E-state index in [9.17, 15) is 9.59 Å². The van der Waals surface area contributed by atoms with E-state index in [1.54, 1.807) is 18.2 Å². The summed E-state index contributed by atoms with van der Waals surface area (Å²) in [7, 11) is 1.33. The Morgan fingerprint density at radius 1 is 1.57 bits per heavy atom. The first-order chi connectivity index (χ1) is 6.69. The third-order valence-electron chi connectivity index (χ3n) is 1.60. The number of amides is 1. The van der Waals surface area contributed by atoms with Crippen LogP contribution in [0.25, 0.3) is 0 Å². The smallest absolute Gasteiger partial charge is 0.337 e. The average Bonchev–Trinajstić information content (AvgIpc) is 2.20. The van der Waals surface area contributed by atoms with Crippen LogP contribution in [0.1, 0.15) is 10.4 Å². The number of nitrogens with one attached hydrogen (secondary N) is 1. The molecule has 0 saturated heterocycles. The zero-order valence-corrected chi connectivity index (χ0v) is 9.57. The van der Waals surface area contributed by atoms with Crippen LogP contribution in [0.5, 0.6) is 0 Å². The highest BCUT2D eigenvalue weighted by Crippen LogP contribution is 2.19. The number of ether oxygens (including phenoxy) is 1. The van der Waals surface area contributed by atoms with Gasteiger partial charge < -0.3 is 10.1 Å². The van der Waals surface area contributed by atoms with Gasteiger partial charge in [0.2, 0.25) is 6.41 Å². The minimum atomic E-state index is -0.388. The molecule has 4 nitrogen and oxygen atoms in total. The van der Waals surface area contributed by atoms with Gasteiger partial charge in [0, 0.05) is 3.57 Å². The number of esters is 1. The lowest BCUT2D eigenvalue weighted by Crippen LogP contribution is -2.03. The number of hydrogen-bond acceptors (Lipinski definition) is 3. The van der Waals surface area contributed by atoms with Crippen molar-refractivity contribution in [3.05, 3.63) is 27.3 Å². The Balaban J connectivity index is 2.99. The average molecular weight is 305 g/mol. The molecule has 0 fully saturated rings. The fraction of sp³-hybridized carbons (Fsp3) is 0.111. The molecule has 0 aromatic heterocycles. The molecule has 1 N–H and O–H groups in total. The predicted molar refractivity (Wildman–Crippen MR) is 60.2 cm³/mol. The van der Waals surface area contributed by atoms with Crippen molar-refractivity contribution in [1.82, 2.24) is 0 Å². The van der Waals surface area contributed by atoms with Crippen LogP contribution in [0.2, 0.25) is 0 Å². The van der Waals surface area contributed by atoms with Crippen molar-refractivity contribution in [3.8, 4) is 0 Å². The Morgan fingerprint density at radius 2 is 2.29 bits per heavy atom. The second-order valence-corrected chi connectivity index (χ2v) is 3.61. The number of carbonyl (C=O) groups excluding carboxylic acids is 2. The van der Waals surface area contributed by atoms with Crippen LogP contribution in [0.4, 0.5) is 5.69 Å². The molecule has 1 amide bonds. The highest BCUT2D eigenvalue weighted by Gasteiger charge is 2.07. The lowest BCUT2D eigenvalue weighted by molar-refractivity contribution is -0.105. The van der Waals surface area contributed by atoms with Gasteiger partial charge in [-0.25, -0.2) is 4.79 Å². The predicted octanol–water partition coefficient (Wildman–Crippen LogP) is 1.65. The third-order valence-corrected chi connectivity index (χ3v) is 2.50. The maximum Gasteiger partial charge on any atom is 0.337 e. The molecule has 14 heavy (non-hydrogen) atoms. The molecule has 0 heterocycles. The van der Waals surface area contributed by atoms with E-state index in [2.05, 4.69) is 10.1 Å². The summed E-state index contributed by atoms with van der Waals surface area (Å²) in [6, 6.07) is 4.90. The third kappa shape index (κ3) is 2.44. The number of benzene rings is 1. The summed E-state index contributed by atoms with van der Waals surface area (Å²) in [6.07, 6.45) is 0.593. The van der Waals surface area contributed by atoms with Gasteiger partial charge in [-0.3, -0.25) is 4.79 Å². The standard InChI is InChI=1S/C9H8INO3/c1-14-9(13)6-2-3-8(11-5-12)7(10)4-6/h2-5H,1H3,(H,11,12). The van der Waals surface area contributed by atoms with E-state index in [0.717, 1.165) is 3.57 Å². The molecule has 74 valence electrons. The first kappa shape index (κ1) is 11.0. The lowest BCUT2D eigenvalue weighted by Gasteiger charge is -2.04. The Kier molecular flexibility index (Phi) is 3.87. The van der Waals surface area contributed by atoms with Gasteiger partial charge in [0.15, 0.2) is 0 Å². The monoisotopic (exact) mass is 305 g/mol. The summed E-state index contributed by atoms with van der Waals surface area (Å²) in [5, 5.41) is 2.52. The molecule has 0 bridgehead atoms. The molecule has 0 saturated carbocycles. The Hall–Kier alpha value is -1.11. The normalized spacial score (nSPS) is 9.29. The molecule has 1 aromatic rings. The van der Waals surface area contributed by atoms with Crippen molar-refractivity contribution in [2.24, 2.45) is 0 Å². The van der Waals surface area contributed by atoms with E-state index < -0.39 is 0 Å². The van der Waals surface area contributed by atoms with Crippen molar-refractivity contribution in [1.29, 1.82) is 0 Å². The summed E-state index contributed by atoms with van der Waals surface area (Å²) < 4.78 is 5.35. The minimum absolute atomic E-state index is 0.388. The number of methoxy groups -OCH3 is 1. The molecule has 1 rings (SSSR count). The minimum Gasteiger partial charge on any atom is -0.465 e. The number of rotatable bonds is 3. The highest BCUT2D eigenvalue weighted by atomic mass is 127. The molecule has 0 aliphatic heterocycles. The number of halogens is 1. The molecular formula is C9H8INO3. The summed E-state index contributed by atoms with van der Waals surface area (Å²) >= 11 is 2.03. The summed E-state index contributed by atoms with van der Waals surface area (Å²) in [5.41, 5.74) is 1.14. The van der Waals surface area contributed by atoms with Gasteiger partial charge in [0.1, 0.15) is 0 Å². The van der Waals surface area contributed by atoms with E-state index in [0.29, 0.717) is 17.7 Å². The first-order valence-electron chi connectivity index (χ1n) is 3.77. The molecule has 5 heteroatoms. The van der Waals surface area contributed by atoms with Crippen LogP contribution >= 0.6 is 22.6 Å². The maximum absolute atomic E-state index is 11.1. The molecule has 0 spiro atoms. The molecule has 1 aromatic carbocycles. The van der Waals surface area contributed by atoms with Crippen LogP contribution < -0.4 is 5.32 Å². The second-order valence-electron chi connectivity index (χ2n) is 2.45. The molecular weight excluding hydrogens is 297 g/mol. The van der Waals surface area contributed by atoms with Gasteiger partial charge in [-0.05, 0) is 40.8 Å². The van der Waals surface area contributed by atoms with E-state index in [1.165, 1.54) is 7.11 Å². The number of anilines is 1. The Labute approximate surface area is 94.8 Å². The zero-order chi connectivity index (χ0) is 10.6. The van der Waals surface area contributed by atoms with Crippen LogP contribution in [0.3, 0.4) is 0 Å². The van der Waals surface area contributed by atoms with Crippen LogP contribution in [-0.2, 0) is 9.53 Å². The fourth-order valence-corrected chi connectivity index (χ4v) is 1.61.